The zero-order valence-corrected chi connectivity index (χ0v) is 7.95. The molecule has 3 rings (SSSR count). The molecule has 1 aliphatic rings. The first kappa shape index (κ1) is 8.23. The minimum Gasteiger partial charge on any atom is -0.360 e. The summed E-state index contributed by atoms with van der Waals surface area (Å²) in [5, 5.41) is 5.11. The molecule has 0 spiro atoms. The number of para-hydroxylation sites is 1. The van der Waals surface area contributed by atoms with E-state index in [1.165, 1.54) is 0 Å². The van der Waals surface area contributed by atoms with E-state index in [2.05, 4.69) is 15.5 Å². The molecule has 2 heterocycles. The van der Waals surface area contributed by atoms with Crippen molar-refractivity contribution in [3.8, 4) is 0 Å². The smallest absolute Gasteiger partial charge is 0.246 e. The van der Waals surface area contributed by atoms with Crippen molar-refractivity contribution in [2.24, 2.45) is 5.10 Å². The molecule has 0 bridgehead atoms. The molecule has 0 saturated carbocycles. The van der Waals surface area contributed by atoms with E-state index in [0.717, 1.165) is 22.2 Å². The van der Waals surface area contributed by atoms with Crippen LogP contribution in [-0.2, 0) is 4.79 Å². The fraction of sp³-hybridized carbons (Fsp3) is 0.0909. The maximum Gasteiger partial charge on any atom is 0.246 e. The van der Waals surface area contributed by atoms with Gasteiger partial charge in [0.05, 0.1) is 12.1 Å². The number of carbonyl (C=O) groups excluding carboxylic acids is 1. The van der Waals surface area contributed by atoms with Gasteiger partial charge in [0, 0.05) is 22.7 Å². The Balaban J connectivity index is 2.16. The van der Waals surface area contributed by atoms with Crippen molar-refractivity contribution in [1.82, 2.24) is 10.4 Å². The van der Waals surface area contributed by atoms with Gasteiger partial charge < -0.3 is 4.98 Å². The Morgan fingerprint density at radius 1 is 1.27 bits per heavy atom. The number of amides is 1. The summed E-state index contributed by atoms with van der Waals surface area (Å²) < 4.78 is 0. The lowest BCUT2D eigenvalue weighted by atomic mass is 10.1. The molecule has 74 valence electrons. The molecule has 15 heavy (non-hydrogen) atoms. The van der Waals surface area contributed by atoms with Crippen molar-refractivity contribution in [3.63, 3.8) is 0 Å². The molecular formula is C11H9N3O. The maximum atomic E-state index is 11.0. The van der Waals surface area contributed by atoms with Gasteiger partial charge in [0.15, 0.2) is 0 Å². The van der Waals surface area contributed by atoms with Gasteiger partial charge in [-0.1, -0.05) is 18.2 Å². The van der Waals surface area contributed by atoms with E-state index in [-0.39, 0.29) is 5.91 Å². The molecule has 2 N–H and O–H groups in total. The van der Waals surface area contributed by atoms with E-state index in [9.17, 15) is 4.79 Å². The van der Waals surface area contributed by atoms with Crippen LogP contribution < -0.4 is 5.43 Å². The number of carbonyl (C=O) groups is 1. The standard InChI is InChI=1S/C11H9N3O/c15-11-5-10(13-14-11)8-6-12-9-4-2-1-3-7(8)9/h1-4,6,12H,5H2,(H,14,15). The highest BCUT2D eigenvalue weighted by molar-refractivity contribution is 6.18. The summed E-state index contributed by atoms with van der Waals surface area (Å²) in [6, 6.07) is 7.98. The van der Waals surface area contributed by atoms with Gasteiger partial charge in [0.25, 0.3) is 0 Å². The predicted molar refractivity (Wildman–Crippen MR) is 57.6 cm³/mol. The van der Waals surface area contributed by atoms with Crippen LogP contribution in [0.4, 0.5) is 0 Å². The molecule has 1 amide bonds. The fourth-order valence-electron chi connectivity index (χ4n) is 1.83. The predicted octanol–water partition coefficient (Wildman–Crippen LogP) is 1.39. The number of aromatic nitrogens is 1. The number of rotatable bonds is 1. The molecular weight excluding hydrogens is 190 g/mol. The van der Waals surface area contributed by atoms with Crippen LogP contribution >= 0.6 is 0 Å². The van der Waals surface area contributed by atoms with Crippen LogP contribution in [0.5, 0.6) is 0 Å². The van der Waals surface area contributed by atoms with Crippen LogP contribution in [0, 0.1) is 0 Å². The summed E-state index contributed by atoms with van der Waals surface area (Å²) >= 11 is 0. The number of hydrazone groups is 1. The summed E-state index contributed by atoms with van der Waals surface area (Å²) in [4.78, 5) is 14.2. The Labute approximate surface area is 86.0 Å². The summed E-state index contributed by atoms with van der Waals surface area (Å²) in [5.41, 5.74) is 5.33. The van der Waals surface area contributed by atoms with Crippen LogP contribution in [-0.4, -0.2) is 16.6 Å². The average Bonchev–Trinajstić information content (AvgIpc) is 2.83. The first-order valence-electron chi connectivity index (χ1n) is 4.76. The molecule has 0 saturated heterocycles. The molecule has 4 nitrogen and oxygen atoms in total. The Morgan fingerprint density at radius 2 is 2.13 bits per heavy atom. The zero-order chi connectivity index (χ0) is 10.3. The molecule has 0 unspecified atom stereocenters. The van der Waals surface area contributed by atoms with Crippen molar-refractivity contribution in [2.75, 3.05) is 0 Å². The van der Waals surface area contributed by atoms with E-state index in [4.69, 9.17) is 0 Å². The third kappa shape index (κ3) is 1.22. The zero-order valence-electron chi connectivity index (χ0n) is 7.95. The number of H-pyrrole nitrogens is 1. The monoisotopic (exact) mass is 199 g/mol. The van der Waals surface area contributed by atoms with E-state index < -0.39 is 0 Å². The lowest BCUT2D eigenvalue weighted by Gasteiger charge is -1.94. The molecule has 1 aromatic carbocycles. The number of aromatic amines is 1. The van der Waals surface area contributed by atoms with Crippen LogP contribution in [0.2, 0.25) is 0 Å². The maximum absolute atomic E-state index is 11.0. The normalized spacial score (nSPS) is 15.5. The molecule has 0 fully saturated rings. The van der Waals surface area contributed by atoms with Crippen molar-refractivity contribution < 1.29 is 4.79 Å². The second-order valence-electron chi connectivity index (χ2n) is 3.52. The van der Waals surface area contributed by atoms with Crippen molar-refractivity contribution in [3.05, 3.63) is 36.0 Å². The summed E-state index contributed by atoms with van der Waals surface area (Å²) in [7, 11) is 0. The van der Waals surface area contributed by atoms with Gasteiger partial charge in [-0.3, -0.25) is 4.79 Å². The van der Waals surface area contributed by atoms with E-state index in [1.54, 1.807) is 0 Å². The van der Waals surface area contributed by atoms with Crippen LogP contribution in [0.3, 0.4) is 0 Å². The Hall–Kier alpha value is -2.10. The number of hydrogen-bond donors (Lipinski definition) is 2. The highest BCUT2D eigenvalue weighted by Gasteiger charge is 2.18. The third-order valence-electron chi connectivity index (χ3n) is 2.54. The number of fused-ring (bicyclic) bond motifs is 1. The topological polar surface area (TPSA) is 57.2 Å². The molecule has 0 radical (unpaired) electrons. The molecule has 2 aromatic rings. The molecule has 1 aromatic heterocycles. The highest BCUT2D eigenvalue weighted by atomic mass is 16.2. The SMILES string of the molecule is O=C1CC(c2c[nH]c3ccccc23)=NN1. The molecule has 0 aliphatic carbocycles. The van der Waals surface area contributed by atoms with E-state index in [0.29, 0.717) is 6.42 Å². The Kier molecular flexibility index (Phi) is 1.62. The van der Waals surface area contributed by atoms with Gasteiger partial charge in [-0.2, -0.15) is 5.10 Å². The van der Waals surface area contributed by atoms with Crippen LogP contribution in [0.15, 0.2) is 35.6 Å². The Morgan fingerprint density at radius 3 is 2.93 bits per heavy atom. The lowest BCUT2D eigenvalue weighted by molar-refractivity contribution is -0.119. The number of hydrogen-bond acceptors (Lipinski definition) is 2. The van der Waals surface area contributed by atoms with Gasteiger partial charge in [0.1, 0.15) is 0 Å². The second kappa shape index (κ2) is 2.95. The molecule has 0 atom stereocenters. The summed E-state index contributed by atoms with van der Waals surface area (Å²) in [6.45, 7) is 0. The number of nitrogens with one attached hydrogen (secondary N) is 2. The van der Waals surface area contributed by atoms with Crippen LogP contribution in [0.25, 0.3) is 10.9 Å². The third-order valence-corrected chi connectivity index (χ3v) is 2.54. The minimum atomic E-state index is -0.0460. The first-order valence-corrected chi connectivity index (χ1v) is 4.76. The quantitative estimate of drug-likeness (QED) is 0.716. The fourth-order valence-corrected chi connectivity index (χ4v) is 1.83. The summed E-state index contributed by atoms with van der Waals surface area (Å²) in [6.07, 6.45) is 2.26. The van der Waals surface area contributed by atoms with E-state index >= 15 is 0 Å². The number of nitrogens with zero attached hydrogens (tertiary/aromatic N) is 1. The van der Waals surface area contributed by atoms with Crippen LogP contribution in [0.1, 0.15) is 12.0 Å². The minimum absolute atomic E-state index is 0.0460. The van der Waals surface area contributed by atoms with Crippen molar-refractivity contribution in [2.45, 2.75) is 6.42 Å². The summed E-state index contributed by atoms with van der Waals surface area (Å²) in [5.74, 6) is -0.0460. The van der Waals surface area contributed by atoms with Gasteiger partial charge in [0.2, 0.25) is 5.91 Å². The van der Waals surface area contributed by atoms with Crippen molar-refractivity contribution in [1.29, 1.82) is 0 Å². The Bertz CT molecular complexity index is 568. The van der Waals surface area contributed by atoms with Gasteiger partial charge in [-0.15, -0.1) is 0 Å². The van der Waals surface area contributed by atoms with Gasteiger partial charge >= 0.3 is 0 Å². The number of benzene rings is 1. The molecule has 1 aliphatic heterocycles. The second-order valence-corrected chi connectivity index (χ2v) is 3.52. The first-order chi connectivity index (χ1) is 7.34. The van der Waals surface area contributed by atoms with E-state index in [1.807, 2.05) is 30.5 Å². The average molecular weight is 199 g/mol. The highest BCUT2D eigenvalue weighted by Crippen LogP contribution is 2.20. The largest absolute Gasteiger partial charge is 0.360 e. The lowest BCUT2D eigenvalue weighted by Crippen LogP contribution is -2.09. The van der Waals surface area contributed by atoms with Gasteiger partial charge in [-0.05, 0) is 6.07 Å². The molecule has 4 heteroatoms. The van der Waals surface area contributed by atoms with Crippen molar-refractivity contribution >= 4 is 22.5 Å². The van der Waals surface area contributed by atoms with Gasteiger partial charge in [-0.25, -0.2) is 5.43 Å².